The Balaban J connectivity index is 1.15. The number of hydrogen-bond donors (Lipinski definition) is 2. The molecule has 10 heteroatoms. The largest absolute Gasteiger partial charge is 0.486 e. The predicted octanol–water partition coefficient (Wildman–Crippen LogP) is 4.25. The van der Waals surface area contributed by atoms with Crippen molar-refractivity contribution in [1.82, 2.24) is 39.9 Å². The summed E-state index contributed by atoms with van der Waals surface area (Å²) in [5, 5.41) is 14.0. The molecule has 0 radical (unpaired) electrons. The van der Waals surface area contributed by atoms with Crippen molar-refractivity contribution >= 4 is 27.8 Å². The molecule has 0 saturated carbocycles. The van der Waals surface area contributed by atoms with Crippen molar-refractivity contribution in [3.63, 3.8) is 0 Å². The lowest BCUT2D eigenvalue weighted by molar-refractivity contribution is 0.229. The van der Waals surface area contributed by atoms with Crippen molar-refractivity contribution in [2.45, 2.75) is 26.1 Å². The molecule has 0 amide bonds. The number of nitrogens with one attached hydrogen (secondary N) is 2. The molecule has 5 aromatic heterocycles. The molecule has 0 bridgehead atoms. The Morgan fingerprint density at radius 2 is 1.97 bits per heavy atom. The zero-order valence-electron chi connectivity index (χ0n) is 19.6. The van der Waals surface area contributed by atoms with E-state index in [2.05, 4.69) is 41.2 Å². The zero-order valence-corrected chi connectivity index (χ0v) is 19.6. The van der Waals surface area contributed by atoms with Crippen LogP contribution in [0.25, 0.3) is 33.2 Å². The maximum Gasteiger partial charge on any atom is 0.146 e. The van der Waals surface area contributed by atoms with Crippen molar-refractivity contribution < 1.29 is 4.74 Å². The van der Waals surface area contributed by atoms with Gasteiger partial charge in [0.2, 0.25) is 0 Å². The third-order valence-corrected chi connectivity index (χ3v) is 6.73. The van der Waals surface area contributed by atoms with Crippen LogP contribution in [0.15, 0.2) is 67.4 Å². The predicted molar refractivity (Wildman–Crippen MR) is 136 cm³/mol. The molecule has 0 aliphatic carbocycles. The van der Waals surface area contributed by atoms with Crippen LogP contribution < -0.4 is 9.64 Å². The number of pyridine rings is 2. The minimum absolute atomic E-state index is 0.143. The fraction of sp³-hybridized carbons (Fsp3) is 0.192. The summed E-state index contributed by atoms with van der Waals surface area (Å²) in [6.45, 7) is 4.40. The average molecular weight is 478 g/mol. The van der Waals surface area contributed by atoms with E-state index in [1.54, 1.807) is 12.5 Å². The van der Waals surface area contributed by atoms with Gasteiger partial charge in [-0.25, -0.2) is 19.6 Å². The smallest absolute Gasteiger partial charge is 0.146 e. The minimum atomic E-state index is -0.143. The third-order valence-electron chi connectivity index (χ3n) is 6.73. The first-order valence-electron chi connectivity index (χ1n) is 11.9. The van der Waals surface area contributed by atoms with Crippen molar-refractivity contribution in [2.75, 3.05) is 11.4 Å². The van der Waals surface area contributed by atoms with Gasteiger partial charge in [-0.2, -0.15) is 10.2 Å². The van der Waals surface area contributed by atoms with Gasteiger partial charge in [0.25, 0.3) is 0 Å². The molecule has 2 N–H and O–H groups in total. The summed E-state index contributed by atoms with van der Waals surface area (Å²) in [5.41, 5.74) is 4.68. The molecule has 1 aromatic carbocycles. The van der Waals surface area contributed by atoms with E-state index in [9.17, 15) is 0 Å². The molecule has 0 saturated heterocycles. The van der Waals surface area contributed by atoms with Crippen molar-refractivity contribution in [3.8, 4) is 17.0 Å². The normalized spacial score (nSPS) is 14.3. The Morgan fingerprint density at radius 3 is 2.89 bits per heavy atom. The number of fused-ring (bicyclic) bond motifs is 3. The highest BCUT2D eigenvalue weighted by Crippen LogP contribution is 2.32. The summed E-state index contributed by atoms with van der Waals surface area (Å²) in [7, 11) is 0. The fourth-order valence-corrected chi connectivity index (χ4v) is 4.86. The zero-order chi connectivity index (χ0) is 24.1. The third kappa shape index (κ3) is 3.46. The number of aromatic nitrogens is 8. The van der Waals surface area contributed by atoms with Crippen molar-refractivity contribution in [3.05, 3.63) is 78.8 Å². The van der Waals surface area contributed by atoms with Crippen LogP contribution in [0.3, 0.4) is 0 Å². The van der Waals surface area contributed by atoms with E-state index in [-0.39, 0.29) is 6.10 Å². The maximum atomic E-state index is 6.35. The number of aromatic amines is 2. The van der Waals surface area contributed by atoms with Gasteiger partial charge in [0.15, 0.2) is 0 Å². The highest BCUT2D eigenvalue weighted by Gasteiger charge is 2.19. The molecule has 0 fully saturated rings. The van der Waals surface area contributed by atoms with Crippen LogP contribution in [-0.4, -0.2) is 46.5 Å². The average Bonchev–Trinajstić information content (AvgIpc) is 3.67. The second-order valence-electron chi connectivity index (χ2n) is 8.91. The van der Waals surface area contributed by atoms with Crippen LogP contribution in [0.2, 0.25) is 0 Å². The summed E-state index contributed by atoms with van der Waals surface area (Å²) in [6, 6.07) is 14.1. The number of ether oxygens (including phenoxy) is 1. The topological polar surface area (TPSA) is 113 Å². The molecule has 1 atom stereocenters. The lowest BCUT2D eigenvalue weighted by atomic mass is 10.1. The SMILES string of the molecule is CC(Oc1ccc2[nH]nc(-c3ccc(N4CCn5ncnc5C4)nc3)c2c1)c1ccnc2[nH]ccc12. The van der Waals surface area contributed by atoms with Gasteiger partial charge < -0.3 is 14.6 Å². The van der Waals surface area contributed by atoms with Crippen LogP contribution in [0.5, 0.6) is 5.75 Å². The highest BCUT2D eigenvalue weighted by atomic mass is 16.5. The molecule has 0 spiro atoms. The monoisotopic (exact) mass is 477 g/mol. The molecule has 7 rings (SSSR count). The number of H-pyrrole nitrogens is 2. The Kier molecular flexibility index (Phi) is 4.69. The first-order valence-corrected chi connectivity index (χ1v) is 11.9. The maximum absolute atomic E-state index is 6.35. The Morgan fingerprint density at radius 1 is 1.00 bits per heavy atom. The van der Waals surface area contributed by atoms with E-state index in [1.807, 2.05) is 60.4 Å². The van der Waals surface area contributed by atoms with Crippen LogP contribution in [0.4, 0.5) is 5.82 Å². The molecule has 36 heavy (non-hydrogen) atoms. The lowest BCUT2D eigenvalue weighted by Gasteiger charge is -2.27. The first-order chi connectivity index (χ1) is 17.7. The van der Waals surface area contributed by atoms with E-state index in [0.29, 0.717) is 6.54 Å². The Labute approximate surface area is 206 Å². The standard InChI is InChI=1S/C26H23N9O/c1-16(19-6-8-27-26-20(19)7-9-28-26)36-18-3-4-22-21(12-18)25(33-32-22)17-2-5-23(29-13-17)34-10-11-35-24(14-34)30-15-31-35/h2-9,12-13,15-16H,10-11,14H2,1H3,(H,27,28)(H,32,33). The Bertz CT molecular complexity index is 1680. The Hall–Kier alpha value is -4.73. The van der Waals surface area contributed by atoms with E-state index in [0.717, 1.165) is 69.2 Å². The quantitative estimate of drug-likeness (QED) is 0.381. The number of rotatable bonds is 5. The van der Waals surface area contributed by atoms with Crippen LogP contribution in [-0.2, 0) is 13.1 Å². The van der Waals surface area contributed by atoms with E-state index < -0.39 is 0 Å². The van der Waals surface area contributed by atoms with Gasteiger partial charge >= 0.3 is 0 Å². The van der Waals surface area contributed by atoms with Crippen LogP contribution >= 0.6 is 0 Å². The van der Waals surface area contributed by atoms with Gasteiger partial charge in [0.05, 0.1) is 18.6 Å². The van der Waals surface area contributed by atoms with Gasteiger partial charge in [-0.1, -0.05) is 0 Å². The molecule has 6 heterocycles. The minimum Gasteiger partial charge on any atom is -0.486 e. The summed E-state index contributed by atoms with van der Waals surface area (Å²) in [6.07, 6.45) is 7.04. The molecule has 1 aliphatic rings. The van der Waals surface area contributed by atoms with Gasteiger partial charge in [0, 0.05) is 47.0 Å². The molecular formula is C26H23N9O. The number of nitrogens with zero attached hydrogens (tertiary/aromatic N) is 7. The summed E-state index contributed by atoms with van der Waals surface area (Å²) >= 11 is 0. The van der Waals surface area contributed by atoms with E-state index in [1.165, 1.54) is 0 Å². The molecule has 1 unspecified atom stereocenters. The summed E-state index contributed by atoms with van der Waals surface area (Å²) < 4.78 is 8.29. The van der Waals surface area contributed by atoms with Gasteiger partial charge in [0.1, 0.15) is 41.2 Å². The van der Waals surface area contributed by atoms with Crippen molar-refractivity contribution in [2.24, 2.45) is 0 Å². The van der Waals surface area contributed by atoms with E-state index >= 15 is 0 Å². The summed E-state index contributed by atoms with van der Waals surface area (Å²) in [4.78, 5) is 18.8. The molecular weight excluding hydrogens is 454 g/mol. The molecule has 1 aliphatic heterocycles. The first kappa shape index (κ1) is 20.6. The van der Waals surface area contributed by atoms with Gasteiger partial charge in [-0.3, -0.25) is 5.10 Å². The van der Waals surface area contributed by atoms with Crippen LogP contribution in [0.1, 0.15) is 24.4 Å². The molecule has 178 valence electrons. The summed E-state index contributed by atoms with van der Waals surface area (Å²) in [5.74, 6) is 2.65. The van der Waals surface area contributed by atoms with E-state index in [4.69, 9.17) is 9.72 Å². The van der Waals surface area contributed by atoms with Crippen LogP contribution in [0, 0.1) is 0 Å². The number of hydrogen-bond acceptors (Lipinski definition) is 7. The van der Waals surface area contributed by atoms with Crippen molar-refractivity contribution in [1.29, 1.82) is 0 Å². The molecule has 6 aromatic rings. The number of benzene rings is 1. The fourth-order valence-electron chi connectivity index (χ4n) is 4.86. The second kappa shape index (κ2) is 8.19. The number of anilines is 1. The molecule has 10 nitrogen and oxygen atoms in total. The van der Waals surface area contributed by atoms with Gasteiger partial charge in [-0.15, -0.1) is 0 Å². The highest BCUT2D eigenvalue weighted by molar-refractivity contribution is 5.93. The van der Waals surface area contributed by atoms with Gasteiger partial charge in [-0.05, 0) is 49.4 Å². The lowest BCUT2D eigenvalue weighted by Crippen LogP contribution is -2.34. The second-order valence-corrected chi connectivity index (χ2v) is 8.91.